The van der Waals surface area contributed by atoms with Crippen LogP contribution in [0.25, 0.3) is 0 Å². The van der Waals surface area contributed by atoms with Gasteiger partial charge >= 0.3 is 0 Å². The van der Waals surface area contributed by atoms with Crippen LogP contribution < -0.4 is 0 Å². The van der Waals surface area contributed by atoms with Crippen molar-refractivity contribution in [2.75, 3.05) is 0 Å². The first-order valence-corrected chi connectivity index (χ1v) is 6.59. The van der Waals surface area contributed by atoms with Crippen molar-refractivity contribution in [1.29, 1.82) is 5.26 Å². The third kappa shape index (κ3) is 3.01. The van der Waals surface area contributed by atoms with E-state index in [4.69, 9.17) is 11.6 Å². The van der Waals surface area contributed by atoms with Crippen LogP contribution in [-0.2, 0) is 0 Å². The number of hydrogen-bond acceptors (Lipinski definition) is 3. The maximum absolute atomic E-state index is 12.4. The molecule has 19 heavy (non-hydrogen) atoms. The van der Waals surface area contributed by atoms with Gasteiger partial charge in [0.1, 0.15) is 5.92 Å². The van der Waals surface area contributed by atoms with Crippen LogP contribution in [0.5, 0.6) is 0 Å². The van der Waals surface area contributed by atoms with E-state index in [0.717, 1.165) is 4.47 Å². The lowest BCUT2D eigenvalue weighted by molar-refractivity contribution is 0.0979. The zero-order valence-corrected chi connectivity index (χ0v) is 12.0. The maximum Gasteiger partial charge on any atom is 0.185 e. The Balaban J connectivity index is 2.40. The number of nitriles is 1. The van der Waals surface area contributed by atoms with E-state index in [-0.39, 0.29) is 5.78 Å². The number of benzene rings is 1. The van der Waals surface area contributed by atoms with E-state index in [9.17, 15) is 10.1 Å². The lowest BCUT2D eigenvalue weighted by Crippen LogP contribution is -2.11. The van der Waals surface area contributed by atoms with Gasteiger partial charge in [0.25, 0.3) is 0 Å². The number of halogens is 2. The molecule has 0 fully saturated rings. The number of nitrogens with zero attached hydrogens (tertiary/aromatic N) is 2. The van der Waals surface area contributed by atoms with Crippen LogP contribution in [0.3, 0.4) is 0 Å². The van der Waals surface area contributed by atoms with E-state index >= 15 is 0 Å². The highest BCUT2D eigenvalue weighted by Crippen LogP contribution is 2.27. The van der Waals surface area contributed by atoms with Gasteiger partial charge in [-0.2, -0.15) is 5.26 Å². The summed E-state index contributed by atoms with van der Waals surface area (Å²) in [4.78, 5) is 16.2. The molecular weight excluding hydrogens is 328 g/mol. The Morgan fingerprint density at radius 3 is 2.58 bits per heavy atom. The zero-order chi connectivity index (χ0) is 13.8. The normalized spacial score (nSPS) is 11.6. The van der Waals surface area contributed by atoms with Gasteiger partial charge in [0.2, 0.25) is 0 Å². The molecule has 1 aromatic carbocycles. The zero-order valence-electron chi connectivity index (χ0n) is 9.68. The number of aromatic nitrogens is 1. The highest BCUT2D eigenvalue weighted by molar-refractivity contribution is 9.10. The minimum absolute atomic E-state index is 0.314. The summed E-state index contributed by atoms with van der Waals surface area (Å²) in [5.74, 6) is -1.19. The molecule has 0 amide bonds. The first-order valence-electron chi connectivity index (χ1n) is 5.42. The molecule has 1 unspecified atom stereocenters. The molecule has 1 aromatic heterocycles. The van der Waals surface area contributed by atoms with Crippen LogP contribution in [0.4, 0.5) is 0 Å². The number of rotatable bonds is 3. The molecule has 1 atom stereocenters. The molecular formula is C14H8BrClN2O. The first kappa shape index (κ1) is 13.7. The molecule has 1 heterocycles. The van der Waals surface area contributed by atoms with Crippen molar-refractivity contribution in [2.45, 2.75) is 5.92 Å². The summed E-state index contributed by atoms with van der Waals surface area (Å²) in [7, 11) is 0. The van der Waals surface area contributed by atoms with Gasteiger partial charge in [-0.3, -0.25) is 9.78 Å². The molecule has 3 nitrogen and oxygen atoms in total. The smallest absolute Gasteiger partial charge is 0.185 e. The van der Waals surface area contributed by atoms with Gasteiger partial charge < -0.3 is 0 Å². The van der Waals surface area contributed by atoms with Crippen molar-refractivity contribution in [3.05, 3.63) is 63.3 Å². The van der Waals surface area contributed by atoms with Gasteiger partial charge in [0, 0.05) is 22.4 Å². The standard InChI is InChI=1S/C14H8BrClN2O/c15-10-1-2-11(13(16)7-10)14(19)12(8-17)9-3-5-18-6-4-9/h1-7,12H. The number of Topliss-reactive ketones (excluding diaryl/α,β-unsaturated/α-hetero) is 1. The van der Waals surface area contributed by atoms with Crippen molar-refractivity contribution in [2.24, 2.45) is 0 Å². The Morgan fingerprint density at radius 2 is 2.00 bits per heavy atom. The molecule has 0 bridgehead atoms. The summed E-state index contributed by atoms with van der Waals surface area (Å²) in [6.45, 7) is 0. The first-order chi connectivity index (χ1) is 9.13. The molecule has 0 spiro atoms. The lowest BCUT2D eigenvalue weighted by Gasteiger charge is -2.09. The van der Waals surface area contributed by atoms with Crippen LogP contribution in [0.2, 0.25) is 5.02 Å². The fraction of sp³-hybridized carbons (Fsp3) is 0.0714. The van der Waals surface area contributed by atoms with Crippen molar-refractivity contribution in [3.63, 3.8) is 0 Å². The van der Waals surface area contributed by atoms with Crippen LogP contribution in [0, 0.1) is 11.3 Å². The van der Waals surface area contributed by atoms with E-state index in [0.29, 0.717) is 16.1 Å². The van der Waals surface area contributed by atoms with Gasteiger partial charge in [-0.05, 0) is 35.9 Å². The van der Waals surface area contributed by atoms with Crippen LogP contribution in [0.15, 0.2) is 47.2 Å². The average molecular weight is 336 g/mol. The molecule has 0 saturated heterocycles. The fourth-order valence-electron chi connectivity index (χ4n) is 1.69. The Kier molecular flexibility index (Phi) is 4.31. The maximum atomic E-state index is 12.4. The number of hydrogen-bond donors (Lipinski definition) is 0. The summed E-state index contributed by atoms with van der Waals surface area (Å²) in [6.07, 6.45) is 3.10. The van der Waals surface area contributed by atoms with Crippen molar-refractivity contribution >= 4 is 33.3 Å². The van der Waals surface area contributed by atoms with Gasteiger partial charge in [0.15, 0.2) is 5.78 Å². The van der Waals surface area contributed by atoms with E-state index in [2.05, 4.69) is 20.9 Å². The Bertz CT molecular complexity index is 652. The molecule has 2 aromatic rings. The summed E-state index contributed by atoms with van der Waals surface area (Å²) in [6, 6.07) is 10.3. The summed E-state index contributed by atoms with van der Waals surface area (Å²) in [5.41, 5.74) is 0.953. The number of ketones is 1. The number of pyridine rings is 1. The average Bonchev–Trinajstić information content (AvgIpc) is 2.40. The number of carbonyl (C=O) groups excluding carboxylic acids is 1. The Morgan fingerprint density at radius 1 is 1.32 bits per heavy atom. The van der Waals surface area contributed by atoms with Gasteiger partial charge in [0.05, 0.1) is 11.1 Å². The second kappa shape index (κ2) is 5.96. The molecule has 0 saturated carbocycles. The third-order valence-corrected chi connectivity index (χ3v) is 3.43. The van der Waals surface area contributed by atoms with Gasteiger partial charge in [-0.25, -0.2) is 0 Å². The van der Waals surface area contributed by atoms with Crippen LogP contribution >= 0.6 is 27.5 Å². The monoisotopic (exact) mass is 334 g/mol. The van der Waals surface area contributed by atoms with Gasteiger partial charge in [-0.1, -0.05) is 27.5 Å². The predicted molar refractivity (Wildman–Crippen MR) is 76.1 cm³/mol. The highest BCUT2D eigenvalue weighted by Gasteiger charge is 2.23. The Hall–Kier alpha value is -1.70. The van der Waals surface area contributed by atoms with Crippen molar-refractivity contribution in [1.82, 2.24) is 4.98 Å². The molecule has 5 heteroatoms. The topological polar surface area (TPSA) is 53.8 Å². The molecule has 0 radical (unpaired) electrons. The number of carbonyl (C=O) groups is 1. The molecule has 2 rings (SSSR count). The second-order valence-electron chi connectivity index (χ2n) is 3.83. The largest absolute Gasteiger partial charge is 0.292 e. The molecule has 0 aliphatic carbocycles. The predicted octanol–water partition coefficient (Wildman–Crippen LogP) is 3.99. The van der Waals surface area contributed by atoms with Crippen LogP contribution in [0.1, 0.15) is 21.8 Å². The molecule has 0 aliphatic rings. The summed E-state index contributed by atoms with van der Waals surface area (Å²) in [5, 5.41) is 9.54. The SMILES string of the molecule is N#CC(C(=O)c1ccc(Br)cc1Cl)c1ccncc1. The molecule has 0 aliphatic heterocycles. The minimum Gasteiger partial charge on any atom is -0.292 e. The van der Waals surface area contributed by atoms with E-state index in [1.807, 2.05) is 6.07 Å². The van der Waals surface area contributed by atoms with E-state index in [1.165, 1.54) is 0 Å². The summed E-state index contributed by atoms with van der Waals surface area (Å²) >= 11 is 9.32. The highest BCUT2D eigenvalue weighted by atomic mass is 79.9. The lowest BCUT2D eigenvalue weighted by atomic mass is 9.92. The quantitative estimate of drug-likeness (QED) is 0.797. The van der Waals surface area contributed by atoms with E-state index in [1.54, 1.807) is 42.7 Å². The third-order valence-electron chi connectivity index (χ3n) is 2.63. The summed E-state index contributed by atoms with van der Waals surface area (Å²) < 4.78 is 0.784. The van der Waals surface area contributed by atoms with Crippen molar-refractivity contribution in [3.8, 4) is 6.07 Å². The second-order valence-corrected chi connectivity index (χ2v) is 5.15. The fourth-order valence-corrected chi connectivity index (χ4v) is 2.45. The van der Waals surface area contributed by atoms with Crippen LogP contribution in [-0.4, -0.2) is 10.8 Å². The molecule has 94 valence electrons. The Labute approximate surface area is 124 Å². The van der Waals surface area contributed by atoms with Crippen molar-refractivity contribution < 1.29 is 4.79 Å². The van der Waals surface area contributed by atoms with Gasteiger partial charge in [-0.15, -0.1) is 0 Å². The molecule has 0 N–H and O–H groups in total. The van der Waals surface area contributed by atoms with E-state index < -0.39 is 5.92 Å². The minimum atomic E-state index is -0.873.